The van der Waals surface area contributed by atoms with Crippen molar-refractivity contribution >= 4 is 5.97 Å². The first kappa shape index (κ1) is 14.9. The summed E-state index contributed by atoms with van der Waals surface area (Å²) >= 11 is 0. The summed E-state index contributed by atoms with van der Waals surface area (Å²) in [6, 6.07) is 0. The summed E-state index contributed by atoms with van der Waals surface area (Å²) in [6.07, 6.45) is 4.98. The summed E-state index contributed by atoms with van der Waals surface area (Å²) in [4.78, 5) is 12.1. The Bertz CT molecular complexity index is 332. The van der Waals surface area contributed by atoms with E-state index >= 15 is 0 Å². The zero-order chi connectivity index (χ0) is 14.2. The predicted molar refractivity (Wildman–Crippen MR) is 77.7 cm³/mol. The molecule has 2 bridgehead atoms. The molecule has 2 rings (SSSR count). The SMILES string of the molecule is CCC(C)(C)C(=O)OCC1C2CCC(C2)C1C(C)C. The summed E-state index contributed by atoms with van der Waals surface area (Å²) < 4.78 is 5.68. The number of fused-ring (bicyclic) bond motifs is 2. The van der Waals surface area contributed by atoms with Crippen LogP contribution in [0.4, 0.5) is 0 Å². The standard InChI is InChI=1S/C17H30O2/c1-6-17(4,5)16(18)19-10-14-12-7-8-13(9-12)15(14)11(2)3/h11-15H,6-10H2,1-5H3. The van der Waals surface area contributed by atoms with Crippen LogP contribution < -0.4 is 0 Å². The van der Waals surface area contributed by atoms with Crippen molar-refractivity contribution in [1.82, 2.24) is 0 Å². The second-order valence-corrected chi connectivity index (χ2v) is 7.65. The van der Waals surface area contributed by atoms with Crippen molar-refractivity contribution in [2.45, 2.75) is 60.3 Å². The molecule has 2 aliphatic carbocycles. The van der Waals surface area contributed by atoms with Crippen LogP contribution in [0.2, 0.25) is 0 Å². The molecule has 2 aliphatic rings. The Hall–Kier alpha value is -0.530. The van der Waals surface area contributed by atoms with Crippen LogP contribution in [0, 0.1) is 35.0 Å². The van der Waals surface area contributed by atoms with Crippen molar-refractivity contribution in [2.75, 3.05) is 6.61 Å². The fraction of sp³-hybridized carbons (Fsp3) is 0.941. The first-order chi connectivity index (χ1) is 8.86. The van der Waals surface area contributed by atoms with E-state index in [1.807, 2.05) is 13.8 Å². The molecule has 4 atom stereocenters. The molecule has 2 heteroatoms. The summed E-state index contributed by atoms with van der Waals surface area (Å²) in [6.45, 7) is 11.3. The highest BCUT2D eigenvalue weighted by Crippen LogP contribution is 2.54. The lowest BCUT2D eigenvalue weighted by molar-refractivity contribution is -0.157. The van der Waals surface area contributed by atoms with Gasteiger partial charge in [-0.3, -0.25) is 4.79 Å². The van der Waals surface area contributed by atoms with Crippen LogP contribution >= 0.6 is 0 Å². The summed E-state index contributed by atoms with van der Waals surface area (Å²) in [7, 11) is 0. The molecule has 0 saturated heterocycles. The van der Waals surface area contributed by atoms with E-state index < -0.39 is 0 Å². The largest absolute Gasteiger partial charge is 0.465 e. The molecule has 0 heterocycles. The van der Waals surface area contributed by atoms with Gasteiger partial charge >= 0.3 is 5.97 Å². The topological polar surface area (TPSA) is 26.3 Å². The van der Waals surface area contributed by atoms with Crippen LogP contribution in [0.25, 0.3) is 0 Å². The second-order valence-electron chi connectivity index (χ2n) is 7.65. The molecule has 2 saturated carbocycles. The van der Waals surface area contributed by atoms with E-state index in [1.54, 1.807) is 0 Å². The zero-order valence-electron chi connectivity index (χ0n) is 13.2. The van der Waals surface area contributed by atoms with Crippen molar-refractivity contribution in [3.05, 3.63) is 0 Å². The Balaban J connectivity index is 1.94. The van der Waals surface area contributed by atoms with Crippen LogP contribution in [0.1, 0.15) is 60.3 Å². The van der Waals surface area contributed by atoms with Crippen molar-refractivity contribution in [1.29, 1.82) is 0 Å². The van der Waals surface area contributed by atoms with Crippen LogP contribution in [0.3, 0.4) is 0 Å². The van der Waals surface area contributed by atoms with Gasteiger partial charge in [-0.05, 0) is 69.1 Å². The molecule has 0 aromatic rings. The van der Waals surface area contributed by atoms with E-state index in [2.05, 4.69) is 20.8 Å². The number of carbonyl (C=O) groups is 1. The molecule has 2 fully saturated rings. The second kappa shape index (κ2) is 5.46. The third-order valence-electron chi connectivity index (χ3n) is 5.77. The average molecular weight is 266 g/mol. The third kappa shape index (κ3) is 2.83. The smallest absolute Gasteiger partial charge is 0.311 e. The Kier molecular flexibility index (Phi) is 4.27. The van der Waals surface area contributed by atoms with Crippen LogP contribution in [0.5, 0.6) is 0 Å². The Morgan fingerprint density at radius 2 is 1.89 bits per heavy atom. The lowest BCUT2D eigenvalue weighted by atomic mass is 9.74. The molecule has 0 amide bonds. The number of ether oxygens (including phenoxy) is 1. The minimum Gasteiger partial charge on any atom is -0.465 e. The number of rotatable bonds is 5. The highest BCUT2D eigenvalue weighted by Gasteiger charge is 2.49. The van der Waals surface area contributed by atoms with Crippen molar-refractivity contribution in [3.63, 3.8) is 0 Å². The molecule has 0 aliphatic heterocycles. The van der Waals surface area contributed by atoms with E-state index in [9.17, 15) is 4.79 Å². The molecule has 0 spiro atoms. The molecule has 4 unspecified atom stereocenters. The molecule has 0 radical (unpaired) electrons. The fourth-order valence-electron chi connectivity index (χ4n) is 4.25. The predicted octanol–water partition coefficient (Wildman–Crippen LogP) is 4.28. The van der Waals surface area contributed by atoms with Gasteiger partial charge in [0.15, 0.2) is 0 Å². The Labute approximate surface area is 118 Å². The maximum Gasteiger partial charge on any atom is 0.311 e. The zero-order valence-corrected chi connectivity index (χ0v) is 13.2. The van der Waals surface area contributed by atoms with E-state index in [1.165, 1.54) is 19.3 Å². The van der Waals surface area contributed by atoms with E-state index in [0.717, 1.165) is 30.1 Å². The van der Waals surface area contributed by atoms with Crippen LogP contribution in [0.15, 0.2) is 0 Å². The quantitative estimate of drug-likeness (QED) is 0.694. The Morgan fingerprint density at radius 1 is 1.26 bits per heavy atom. The normalized spacial score (nSPS) is 34.0. The molecular weight excluding hydrogens is 236 g/mol. The minimum atomic E-state index is -0.328. The summed E-state index contributed by atoms with van der Waals surface area (Å²) in [5, 5.41) is 0. The van der Waals surface area contributed by atoms with Gasteiger partial charge in [0.2, 0.25) is 0 Å². The maximum atomic E-state index is 12.1. The van der Waals surface area contributed by atoms with Crippen LogP contribution in [-0.2, 0) is 9.53 Å². The van der Waals surface area contributed by atoms with E-state index in [0.29, 0.717) is 12.5 Å². The maximum absolute atomic E-state index is 12.1. The number of hydrogen-bond donors (Lipinski definition) is 0. The van der Waals surface area contributed by atoms with Gasteiger partial charge in [-0.15, -0.1) is 0 Å². The highest BCUT2D eigenvalue weighted by molar-refractivity contribution is 5.75. The van der Waals surface area contributed by atoms with Gasteiger partial charge in [0.1, 0.15) is 0 Å². The monoisotopic (exact) mass is 266 g/mol. The van der Waals surface area contributed by atoms with Gasteiger partial charge in [0.25, 0.3) is 0 Å². The number of carbonyl (C=O) groups excluding carboxylic acids is 1. The van der Waals surface area contributed by atoms with Crippen molar-refractivity contribution < 1.29 is 9.53 Å². The average Bonchev–Trinajstić information content (AvgIpc) is 2.95. The molecule has 0 aromatic carbocycles. The third-order valence-corrected chi connectivity index (χ3v) is 5.77. The number of hydrogen-bond acceptors (Lipinski definition) is 2. The Morgan fingerprint density at radius 3 is 2.47 bits per heavy atom. The first-order valence-corrected chi connectivity index (χ1v) is 8.04. The number of esters is 1. The van der Waals surface area contributed by atoms with Crippen molar-refractivity contribution in [3.8, 4) is 0 Å². The lowest BCUT2D eigenvalue weighted by Gasteiger charge is -2.34. The van der Waals surface area contributed by atoms with Gasteiger partial charge in [0.05, 0.1) is 12.0 Å². The van der Waals surface area contributed by atoms with Crippen LogP contribution in [-0.4, -0.2) is 12.6 Å². The van der Waals surface area contributed by atoms with Gasteiger partial charge in [0, 0.05) is 0 Å². The summed E-state index contributed by atoms with van der Waals surface area (Å²) in [5.74, 6) is 3.81. The molecule has 0 aromatic heterocycles. The molecule has 110 valence electrons. The molecular formula is C17H30O2. The van der Waals surface area contributed by atoms with E-state index in [4.69, 9.17) is 4.74 Å². The molecule has 2 nitrogen and oxygen atoms in total. The first-order valence-electron chi connectivity index (χ1n) is 8.04. The fourth-order valence-corrected chi connectivity index (χ4v) is 4.25. The van der Waals surface area contributed by atoms with Crippen molar-refractivity contribution in [2.24, 2.45) is 35.0 Å². The highest BCUT2D eigenvalue weighted by atomic mass is 16.5. The van der Waals surface area contributed by atoms with Gasteiger partial charge in [-0.2, -0.15) is 0 Å². The molecule has 0 N–H and O–H groups in total. The van der Waals surface area contributed by atoms with Gasteiger partial charge < -0.3 is 4.74 Å². The molecule has 19 heavy (non-hydrogen) atoms. The van der Waals surface area contributed by atoms with E-state index in [-0.39, 0.29) is 11.4 Å². The van der Waals surface area contributed by atoms with Gasteiger partial charge in [-0.1, -0.05) is 20.8 Å². The minimum absolute atomic E-state index is 0.0136. The summed E-state index contributed by atoms with van der Waals surface area (Å²) in [5.41, 5.74) is -0.328. The van der Waals surface area contributed by atoms with Gasteiger partial charge in [-0.25, -0.2) is 0 Å². The lowest BCUT2D eigenvalue weighted by Crippen LogP contribution is -2.33.